The fourth-order valence-electron chi connectivity index (χ4n) is 5.28. The van der Waals surface area contributed by atoms with Crippen LogP contribution in [0.5, 0.6) is 0 Å². The summed E-state index contributed by atoms with van der Waals surface area (Å²) in [6.07, 6.45) is 7.21. The van der Waals surface area contributed by atoms with Crippen LogP contribution in [0.25, 0.3) is 16.8 Å². The molecule has 44 heavy (non-hydrogen) atoms. The Morgan fingerprint density at radius 3 is 2.52 bits per heavy atom. The number of esters is 1. The number of ether oxygens (including phenoxy) is 1. The molecule has 0 aliphatic carbocycles. The fraction of sp³-hybridized carbons (Fsp3) is 0.500. The van der Waals surface area contributed by atoms with Crippen molar-refractivity contribution < 1.29 is 23.9 Å². The Morgan fingerprint density at radius 1 is 1.11 bits per heavy atom. The summed E-state index contributed by atoms with van der Waals surface area (Å²) in [5.41, 5.74) is 4.76. The highest BCUT2D eigenvalue weighted by Gasteiger charge is 2.34. The number of benzene rings is 1. The lowest BCUT2D eigenvalue weighted by molar-refractivity contribution is -0.163. The van der Waals surface area contributed by atoms with E-state index in [9.17, 15) is 19.2 Å². The van der Waals surface area contributed by atoms with Crippen molar-refractivity contribution in [1.29, 1.82) is 0 Å². The maximum Gasteiger partial charge on any atom is 0.310 e. The van der Waals surface area contributed by atoms with Gasteiger partial charge in [0.1, 0.15) is 12.1 Å². The predicted molar refractivity (Wildman–Crippen MR) is 172 cm³/mol. The number of carbonyl (C=O) groups is 4. The van der Waals surface area contributed by atoms with Gasteiger partial charge in [-0.3, -0.25) is 29.2 Å². The second kappa shape index (κ2) is 16.1. The minimum Gasteiger partial charge on any atom is -0.452 e. The van der Waals surface area contributed by atoms with Gasteiger partial charge < -0.3 is 15.4 Å². The molecule has 2 aromatic rings. The van der Waals surface area contributed by atoms with Gasteiger partial charge in [-0.25, -0.2) is 5.43 Å². The Morgan fingerprint density at radius 2 is 1.86 bits per heavy atom. The van der Waals surface area contributed by atoms with Crippen molar-refractivity contribution in [3.8, 4) is 0 Å². The summed E-state index contributed by atoms with van der Waals surface area (Å²) in [5, 5.41) is 9.15. The average Bonchev–Trinajstić information content (AvgIpc) is 3.02. The Kier molecular flexibility index (Phi) is 12.6. The predicted octanol–water partition coefficient (Wildman–Crippen LogP) is 4.62. The maximum atomic E-state index is 13.3. The molecule has 3 N–H and O–H groups in total. The number of pyridine rings is 1. The van der Waals surface area contributed by atoms with Crippen LogP contribution in [0, 0.1) is 11.8 Å². The number of hydrogen-bond acceptors (Lipinski definition) is 7. The standard InChI is InChI=1S/C34H47N5O5/c1-8-12-24(13-9-2)34(43)44-30(21(4)5)32(41)37-23(7)33(42)39-17-11-14-29(38-39)31(40)36-22(6)25-15-16-26-20-35-28(10-3)19-27(26)18-25/h8,10,15-16,18-24,29-30,38H,1,3,9,11-14,17H2,2,4-7H3,(H,36,40)(H,37,41)/t22-,23+,24+,29+,30+/m1/s1. The number of fused-ring (bicyclic) bond motifs is 1. The molecule has 0 saturated carbocycles. The van der Waals surface area contributed by atoms with E-state index in [-0.39, 0.29) is 29.7 Å². The monoisotopic (exact) mass is 605 g/mol. The van der Waals surface area contributed by atoms with Crippen LogP contribution in [0.1, 0.15) is 84.0 Å². The van der Waals surface area contributed by atoms with Crippen molar-refractivity contribution in [2.75, 3.05) is 6.54 Å². The summed E-state index contributed by atoms with van der Waals surface area (Å²) in [6.45, 7) is 16.9. The van der Waals surface area contributed by atoms with E-state index in [0.29, 0.717) is 32.2 Å². The first kappa shape index (κ1) is 34.4. The first-order valence-electron chi connectivity index (χ1n) is 15.5. The van der Waals surface area contributed by atoms with Gasteiger partial charge >= 0.3 is 5.97 Å². The van der Waals surface area contributed by atoms with Crippen molar-refractivity contribution >= 4 is 40.5 Å². The van der Waals surface area contributed by atoms with Gasteiger partial charge in [0.15, 0.2) is 6.10 Å². The van der Waals surface area contributed by atoms with Crippen LogP contribution in [-0.2, 0) is 23.9 Å². The zero-order valence-corrected chi connectivity index (χ0v) is 26.6. The summed E-state index contributed by atoms with van der Waals surface area (Å²) in [7, 11) is 0. The van der Waals surface area contributed by atoms with Gasteiger partial charge in [0.05, 0.1) is 17.7 Å². The molecule has 1 aliphatic heterocycles. The van der Waals surface area contributed by atoms with E-state index in [1.807, 2.05) is 38.1 Å². The minimum absolute atomic E-state index is 0.221. The van der Waals surface area contributed by atoms with Crippen molar-refractivity contribution in [1.82, 2.24) is 26.1 Å². The number of nitrogens with zero attached hydrogens (tertiary/aromatic N) is 2. The molecule has 238 valence electrons. The summed E-state index contributed by atoms with van der Waals surface area (Å²) >= 11 is 0. The van der Waals surface area contributed by atoms with Gasteiger partial charge in [0.2, 0.25) is 5.91 Å². The molecule has 3 rings (SSSR count). The molecule has 0 bridgehead atoms. The first-order chi connectivity index (χ1) is 21.0. The molecule has 2 heterocycles. The number of allylic oxidation sites excluding steroid dienone is 1. The topological polar surface area (TPSA) is 130 Å². The average molecular weight is 606 g/mol. The van der Waals surface area contributed by atoms with Crippen LogP contribution >= 0.6 is 0 Å². The van der Waals surface area contributed by atoms with Crippen LogP contribution in [0.2, 0.25) is 0 Å². The Labute approximate surface area is 260 Å². The summed E-state index contributed by atoms with van der Waals surface area (Å²) < 4.78 is 5.62. The van der Waals surface area contributed by atoms with Gasteiger partial charge in [-0.05, 0) is 74.6 Å². The zero-order valence-electron chi connectivity index (χ0n) is 26.6. The van der Waals surface area contributed by atoms with E-state index in [2.05, 4.69) is 34.2 Å². The van der Waals surface area contributed by atoms with E-state index in [4.69, 9.17) is 4.74 Å². The summed E-state index contributed by atoms with van der Waals surface area (Å²) in [5.74, 6) is -2.23. The molecular formula is C34H47N5O5. The Balaban J connectivity index is 1.59. The second-order valence-corrected chi connectivity index (χ2v) is 11.8. The second-order valence-electron chi connectivity index (χ2n) is 11.8. The SMILES string of the molecule is C=CC[C@@H](CCC)C(=O)O[C@H](C(=O)N[C@@H](C)C(=O)N1CCC[C@@H](C(=O)N[C@H](C)c2ccc3cnc(C=C)cc3c2)N1)C(C)C. The third-order valence-corrected chi connectivity index (χ3v) is 7.86. The normalized spacial score (nSPS) is 17.7. The molecule has 5 atom stereocenters. The highest BCUT2D eigenvalue weighted by atomic mass is 16.5. The molecule has 0 spiro atoms. The number of hydrazine groups is 1. The lowest BCUT2D eigenvalue weighted by Gasteiger charge is -2.35. The molecule has 3 amide bonds. The molecule has 0 radical (unpaired) electrons. The number of carbonyl (C=O) groups excluding carboxylic acids is 4. The van der Waals surface area contributed by atoms with Crippen molar-refractivity contribution in [3.05, 3.63) is 61.0 Å². The molecule has 1 aliphatic rings. The van der Waals surface area contributed by atoms with Crippen LogP contribution in [0.4, 0.5) is 0 Å². The lowest BCUT2D eigenvalue weighted by atomic mass is 9.99. The molecule has 0 unspecified atom stereocenters. The molecule has 1 aromatic carbocycles. The molecular weight excluding hydrogens is 558 g/mol. The van der Waals surface area contributed by atoms with Gasteiger partial charge in [-0.15, -0.1) is 6.58 Å². The largest absolute Gasteiger partial charge is 0.452 e. The fourth-order valence-corrected chi connectivity index (χ4v) is 5.28. The van der Waals surface area contributed by atoms with Crippen molar-refractivity contribution in [2.24, 2.45) is 11.8 Å². The zero-order chi connectivity index (χ0) is 32.4. The molecule has 10 nitrogen and oxygen atoms in total. The smallest absolute Gasteiger partial charge is 0.310 e. The highest BCUT2D eigenvalue weighted by molar-refractivity contribution is 5.91. The summed E-state index contributed by atoms with van der Waals surface area (Å²) in [6, 6.07) is 6.13. The van der Waals surface area contributed by atoms with Crippen LogP contribution in [0.3, 0.4) is 0 Å². The third kappa shape index (κ3) is 8.98. The van der Waals surface area contributed by atoms with E-state index >= 15 is 0 Å². The van der Waals surface area contributed by atoms with E-state index < -0.39 is 30.1 Å². The minimum atomic E-state index is -1.04. The molecule has 1 fully saturated rings. The van der Waals surface area contributed by atoms with E-state index in [0.717, 1.165) is 28.5 Å². The Bertz CT molecular complexity index is 1360. The molecule has 1 aromatic heterocycles. The van der Waals surface area contributed by atoms with E-state index in [1.54, 1.807) is 39.1 Å². The third-order valence-electron chi connectivity index (χ3n) is 7.86. The van der Waals surface area contributed by atoms with Crippen molar-refractivity contribution in [2.45, 2.75) is 91.0 Å². The first-order valence-corrected chi connectivity index (χ1v) is 15.5. The number of hydrogen-bond donors (Lipinski definition) is 3. The number of amides is 3. The van der Waals surface area contributed by atoms with Gasteiger partial charge in [-0.1, -0.05) is 52.0 Å². The molecule has 1 saturated heterocycles. The van der Waals surface area contributed by atoms with Gasteiger partial charge in [-0.2, -0.15) is 0 Å². The quantitative estimate of drug-likeness (QED) is 0.212. The highest BCUT2D eigenvalue weighted by Crippen LogP contribution is 2.22. The maximum absolute atomic E-state index is 13.3. The lowest BCUT2D eigenvalue weighted by Crippen LogP contribution is -2.61. The van der Waals surface area contributed by atoms with Crippen molar-refractivity contribution in [3.63, 3.8) is 0 Å². The Hall–Kier alpha value is -4.05. The van der Waals surface area contributed by atoms with Crippen LogP contribution in [0.15, 0.2) is 49.7 Å². The number of aromatic nitrogens is 1. The van der Waals surface area contributed by atoms with Gasteiger partial charge in [0.25, 0.3) is 11.8 Å². The van der Waals surface area contributed by atoms with Crippen LogP contribution in [-0.4, -0.2) is 58.4 Å². The number of nitrogens with one attached hydrogen (secondary N) is 3. The van der Waals surface area contributed by atoms with Crippen LogP contribution < -0.4 is 16.1 Å². The summed E-state index contributed by atoms with van der Waals surface area (Å²) in [4.78, 5) is 56.8. The van der Waals surface area contributed by atoms with E-state index in [1.165, 1.54) is 5.01 Å². The number of rotatable bonds is 14. The van der Waals surface area contributed by atoms with Gasteiger partial charge in [0, 0.05) is 18.1 Å². The molecule has 10 heteroatoms.